The van der Waals surface area contributed by atoms with Crippen LogP contribution < -0.4 is 11.1 Å². The molecule has 4 N–H and O–H groups in total. The maximum atomic E-state index is 12.4. The molecule has 7 heteroatoms. The average molecular weight is 397 g/mol. The number of esters is 1. The SMILES string of the molecule is CCOC(=O)c1[nH]c2nc(Nc3ccccc3)c(C#N)c(-c3ccccc3)c2c1N. The number of ether oxygens (including phenoxy) is 1. The number of anilines is 3. The maximum Gasteiger partial charge on any atom is 0.356 e. The summed E-state index contributed by atoms with van der Waals surface area (Å²) in [6, 6.07) is 21.1. The Balaban J connectivity index is 2.02. The van der Waals surface area contributed by atoms with Crippen molar-refractivity contribution in [1.82, 2.24) is 9.97 Å². The number of nitrogens with one attached hydrogen (secondary N) is 2. The van der Waals surface area contributed by atoms with Crippen molar-refractivity contribution in [2.24, 2.45) is 0 Å². The molecule has 4 rings (SSSR count). The Morgan fingerprint density at radius 2 is 1.83 bits per heavy atom. The minimum absolute atomic E-state index is 0.122. The summed E-state index contributed by atoms with van der Waals surface area (Å²) in [4.78, 5) is 19.9. The van der Waals surface area contributed by atoms with Crippen molar-refractivity contribution in [2.75, 3.05) is 17.7 Å². The highest BCUT2D eigenvalue weighted by molar-refractivity contribution is 6.12. The van der Waals surface area contributed by atoms with E-state index in [9.17, 15) is 10.1 Å². The zero-order chi connectivity index (χ0) is 21.1. The van der Waals surface area contributed by atoms with E-state index in [0.717, 1.165) is 11.3 Å². The van der Waals surface area contributed by atoms with E-state index in [4.69, 9.17) is 10.5 Å². The van der Waals surface area contributed by atoms with Crippen molar-refractivity contribution < 1.29 is 9.53 Å². The van der Waals surface area contributed by atoms with Crippen molar-refractivity contribution >= 4 is 34.2 Å². The third kappa shape index (κ3) is 3.31. The highest BCUT2D eigenvalue weighted by atomic mass is 16.5. The minimum atomic E-state index is -0.567. The van der Waals surface area contributed by atoms with Crippen LogP contribution in [0.2, 0.25) is 0 Å². The molecule has 0 saturated carbocycles. The van der Waals surface area contributed by atoms with E-state index < -0.39 is 5.97 Å². The van der Waals surface area contributed by atoms with E-state index in [0.29, 0.717) is 28.0 Å². The number of aromatic nitrogens is 2. The number of para-hydroxylation sites is 1. The molecular formula is C23H19N5O2. The van der Waals surface area contributed by atoms with Gasteiger partial charge in [-0.2, -0.15) is 5.26 Å². The van der Waals surface area contributed by atoms with Crippen LogP contribution in [-0.4, -0.2) is 22.5 Å². The van der Waals surface area contributed by atoms with Gasteiger partial charge in [-0.15, -0.1) is 0 Å². The molecular weight excluding hydrogens is 378 g/mol. The van der Waals surface area contributed by atoms with Gasteiger partial charge >= 0.3 is 5.97 Å². The zero-order valence-electron chi connectivity index (χ0n) is 16.3. The smallest absolute Gasteiger partial charge is 0.356 e. The first-order valence-electron chi connectivity index (χ1n) is 9.43. The predicted molar refractivity (Wildman–Crippen MR) is 116 cm³/mol. The number of hydrogen-bond acceptors (Lipinski definition) is 6. The summed E-state index contributed by atoms with van der Waals surface area (Å²) >= 11 is 0. The second kappa shape index (κ2) is 7.97. The van der Waals surface area contributed by atoms with Crippen molar-refractivity contribution in [3.8, 4) is 17.2 Å². The number of benzene rings is 2. The van der Waals surface area contributed by atoms with Crippen LogP contribution in [0.25, 0.3) is 22.2 Å². The number of aromatic amines is 1. The highest BCUT2D eigenvalue weighted by Gasteiger charge is 2.25. The van der Waals surface area contributed by atoms with Gasteiger partial charge in [0.2, 0.25) is 0 Å². The Kier molecular flexibility index (Phi) is 5.06. The first-order chi connectivity index (χ1) is 14.6. The summed E-state index contributed by atoms with van der Waals surface area (Å²) in [7, 11) is 0. The third-order valence-electron chi connectivity index (χ3n) is 4.67. The second-order valence-electron chi connectivity index (χ2n) is 6.54. The average Bonchev–Trinajstić information content (AvgIpc) is 3.10. The third-order valence-corrected chi connectivity index (χ3v) is 4.67. The van der Waals surface area contributed by atoms with Gasteiger partial charge in [-0.25, -0.2) is 9.78 Å². The molecule has 148 valence electrons. The van der Waals surface area contributed by atoms with Gasteiger partial charge in [0, 0.05) is 11.3 Å². The quantitative estimate of drug-likeness (QED) is 0.424. The summed E-state index contributed by atoms with van der Waals surface area (Å²) in [6.45, 7) is 1.94. The molecule has 0 unspecified atom stereocenters. The lowest BCUT2D eigenvalue weighted by Gasteiger charge is -2.13. The van der Waals surface area contributed by atoms with Crippen LogP contribution in [0.15, 0.2) is 60.7 Å². The normalized spacial score (nSPS) is 10.5. The molecule has 0 aliphatic rings. The molecule has 2 heterocycles. The van der Waals surface area contributed by atoms with Gasteiger partial charge in [-0.3, -0.25) is 0 Å². The van der Waals surface area contributed by atoms with Crippen LogP contribution in [0.3, 0.4) is 0 Å². The van der Waals surface area contributed by atoms with Gasteiger partial charge in [-0.1, -0.05) is 48.5 Å². The van der Waals surface area contributed by atoms with E-state index in [2.05, 4.69) is 21.4 Å². The van der Waals surface area contributed by atoms with Gasteiger partial charge in [0.25, 0.3) is 0 Å². The summed E-state index contributed by atoms with van der Waals surface area (Å²) < 4.78 is 5.11. The fraction of sp³-hybridized carbons (Fsp3) is 0.0870. The standard InChI is InChI=1S/C23H19N5O2/c1-2-30-23(29)20-19(25)18-17(14-9-5-3-6-10-14)16(13-24)21(28-22(18)27-20)26-15-11-7-4-8-12-15/h3-12H,2,25H2,1H3,(H2,26,27,28). The van der Waals surface area contributed by atoms with Crippen LogP contribution >= 0.6 is 0 Å². The van der Waals surface area contributed by atoms with E-state index in [1.807, 2.05) is 60.7 Å². The molecule has 2 aromatic carbocycles. The summed E-state index contributed by atoms with van der Waals surface area (Å²) in [5, 5.41) is 13.7. The van der Waals surface area contributed by atoms with Gasteiger partial charge in [0.1, 0.15) is 17.3 Å². The lowest BCUT2D eigenvalue weighted by atomic mass is 9.97. The molecule has 4 aromatic rings. The van der Waals surface area contributed by atoms with Crippen LogP contribution in [0, 0.1) is 11.3 Å². The Labute approximate surface area is 173 Å². The van der Waals surface area contributed by atoms with Gasteiger partial charge in [0.05, 0.1) is 17.7 Å². The number of nitrogens with two attached hydrogens (primary N) is 1. The highest BCUT2D eigenvalue weighted by Crippen LogP contribution is 2.39. The molecule has 0 saturated heterocycles. The molecule has 2 aromatic heterocycles. The van der Waals surface area contributed by atoms with Crippen LogP contribution in [0.5, 0.6) is 0 Å². The molecule has 0 atom stereocenters. The van der Waals surface area contributed by atoms with Crippen molar-refractivity contribution in [3.63, 3.8) is 0 Å². The van der Waals surface area contributed by atoms with Crippen LogP contribution in [-0.2, 0) is 4.74 Å². The maximum absolute atomic E-state index is 12.4. The Morgan fingerprint density at radius 3 is 2.47 bits per heavy atom. The largest absolute Gasteiger partial charge is 0.461 e. The molecule has 0 spiro atoms. The van der Waals surface area contributed by atoms with Crippen LogP contribution in [0.4, 0.5) is 17.2 Å². The first kappa shape index (κ1) is 19.0. The fourth-order valence-electron chi connectivity index (χ4n) is 3.36. The number of nitrogens with zero attached hydrogens (tertiary/aromatic N) is 2. The number of fused-ring (bicyclic) bond motifs is 1. The number of hydrogen-bond donors (Lipinski definition) is 3. The van der Waals surface area contributed by atoms with E-state index in [1.165, 1.54) is 0 Å². The predicted octanol–water partition coefficient (Wildman–Crippen LogP) is 4.60. The van der Waals surface area contributed by atoms with E-state index in [-0.39, 0.29) is 18.0 Å². The van der Waals surface area contributed by atoms with Crippen molar-refractivity contribution in [1.29, 1.82) is 5.26 Å². The lowest BCUT2D eigenvalue weighted by molar-refractivity contribution is 0.0522. The topological polar surface area (TPSA) is 117 Å². The summed E-state index contributed by atoms with van der Waals surface area (Å²) in [5.74, 6) is -0.199. The molecule has 0 aliphatic heterocycles. The summed E-state index contributed by atoms with van der Waals surface area (Å²) in [5.41, 5.74) is 9.56. The van der Waals surface area contributed by atoms with Gasteiger partial charge in [0.15, 0.2) is 11.5 Å². The number of nitrogen functional groups attached to an aromatic ring is 1. The second-order valence-corrected chi connectivity index (χ2v) is 6.54. The van der Waals surface area contributed by atoms with Gasteiger partial charge in [-0.05, 0) is 24.6 Å². The lowest BCUT2D eigenvalue weighted by Crippen LogP contribution is -2.07. The number of pyridine rings is 1. The summed E-state index contributed by atoms with van der Waals surface area (Å²) in [6.07, 6.45) is 0. The Hall–Kier alpha value is -4.31. The molecule has 7 nitrogen and oxygen atoms in total. The zero-order valence-corrected chi connectivity index (χ0v) is 16.3. The number of nitriles is 1. The minimum Gasteiger partial charge on any atom is -0.461 e. The number of H-pyrrole nitrogens is 1. The van der Waals surface area contributed by atoms with Crippen LogP contribution in [0.1, 0.15) is 23.0 Å². The van der Waals surface area contributed by atoms with Crippen molar-refractivity contribution in [3.05, 3.63) is 71.9 Å². The molecule has 0 radical (unpaired) electrons. The Bertz CT molecular complexity index is 1260. The number of rotatable bonds is 5. The molecule has 0 amide bonds. The molecule has 0 bridgehead atoms. The van der Waals surface area contributed by atoms with Crippen molar-refractivity contribution in [2.45, 2.75) is 6.92 Å². The van der Waals surface area contributed by atoms with E-state index in [1.54, 1.807) is 6.92 Å². The first-order valence-corrected chi connectivity index (χ1v) is 9.43. The molecule has 30 heavy (non-hydrogen) atoms. The van der Waals surface area contributed by atoms with Gasteiger partial charge < -0.3 is 20.8 Å². The number of carbonyl (C=O) groups is 1. The Morgan fingerprint density at radius 1 is 1.17 bits per heavy atom. The monoisotopic (exact) mass is 397 g/mol. The van der Waals surface area contributed by atoms with E-state index >= 15 is 0 Å². The fourth-order valence-corrected chi connectivity index (χ4v) is 3.36. The number of carbonyl (C=O) groups excluding carboxylic acids is 1. The molecule has 0 fully saturated rings. The molecule has 0 aliphatic carbocycles.